The van der Waals surface area contributed by atoms with Gasteiger partial charge in [-0.25, -0.2) is 0 Å². The molecule has 1 aromatic carbocycles. The van der Waals surface area contributed by atoms with E-state index < -0.39 is 0 Å². The average molecular weight is 252 g/mol. The van der Waals surface area contributed by atoms with Crippen LogP contribution >= 0.6 is 11.8 Å². The molecule has 1 rings (SSSR count). The Morgan fingerprint density at radius 1 is 1.47 bits per heavy atom. The Labute approximate surface area is 107 Å². The van der Waals surface area contributed by atoms with Gasteiger partial charge in [0, 0.05) is 23.5 Å². The van der Waals surface area contributed by atoms with Crippen LogP contribution in [0.25, 0.3) is 0 Å². The highest BCUT2D eigenvalue weighted by molar-refractivity contribution is 7.99. The minimum Gasteiger partial charge on any atom is -0.399 e. The molecule has 0 spiro atoms. The predicted molar refractivity (Wildman–Crippen MR) is 76.4 cm³/mol. The number of benzene rings is 1. The molecule has 0 fully saturated rings. The van der Waals surface area contributed by atoms with Crippen molar-refractivity contribution in [1.29, 1.82) is 0 Å². The maximum atomic E-state index is 11.7. The van der Waals surface area contributed by atoms with Crippen molar-refractivity contribution in [3.8, 4) is 0 Å². The highest BCUT2D eigenvalue weighted by atomic mass is 32.2. The van der Waals surface area contributed by atoms with Crippen molar-refractivity contribution < 1.29 is 4.79 Å². The third kappa shape index (κ3) is 5.13. The van der Waals surface area contributed by atoms with E-state index in [4.69, 9.17) is 5.73 Å². The molecule has 17 heavy (non-hydrogen) atoms. The van der Waals surface area contributed by atoms with Crippen molar-refractivity contribution in [2.45, 2.75) is 32.4 Å². The summed E-state index contributed by atoms with van der Waals surface area (Å²) in [5.74, 6) is 0.920. The molecule has 0 heterocycles. The third-order valence-electron chi connectivity index (χ3n) is 2.30. The molecule has 3 N–H and O–H groups in total. The van der Waals surface area contributed by atoms with Crippen LogP contribution in [0, 0.1) is 6.92 Å². The molecule has 0 aromatic heterocycles. The number of thioether (sulfide) groups is 1. The van der Waals surface area contributed by atoms with Crippen LogP contribution in [0.15, 0.2) is 18.2 Å². The van der Waals surface area contributed by atoms with E-state index in [1.54, 1.807) is 17.8 Å². The second kappa shape index (κ2) is 6.55. The van der Waals surface area contributed by atoms with Gasteiger partial charge in [0.1, 0.15) is 0 Å². The van der Waals surface area contributed by atoms with Crippen LogP contribution in [0.4, 0.5) is 11.4 Å². The maximum Gasteiger partial charge on any atom is 0.225 e. The van der Waals surface area contributed by atoms with E-state index in [2.05, 4.69) is 19.2 Å². The number of nitrogens with two attached hydrogens (primary N) is 1. The zero-order valence-corrected chi connectivity index (χ0v) is 11.4. The van der Waals surface area contributed by atoms with Gasteiger partial charge >= 0.3 is 0 Å². The summed E-state index contributed by atoms with van der Waals surface area (Å²) in [6.07, 6.45) is 0.548. The van der Waals surface area contributed by atoms with Crippen LogP contribution in [0.5, 0.6) is 0 Å². The van der Waals surface area contributed by atoms with E-state index in [0.717, 1.165) is 22.7 Å². The summed E-state index contributed by atoms with van der Waals surface area (Å²) in [6, 6.07) is 5.50. The molecule has 0 aliphatic heterocycles. The zero-order valence-electron chi connectivity index (χ0n) is 10.6. The number of hydrogen-bond acceptors (Lipinski definition) is 3. The standard InChI is InChI=1S/C13H20N2OS/c1-9(2)17-7-6-13(16)15-12-5-4-11(14)8-10(12)3/h4-5,8-9H,6-7,14H2,1-3H3,(H,15,16). The molecule has 1 amide bonds. The van der Waals surface area contributed by atoms with Crippen LogP contribution in [0.3, 0.4) is 0 Å². The van der Waals surface area contributed by atoms with Crippen LogP contribution in [0.2, 0.25) is 0 Å². The number of amides is 1. The highest BCUT2D eigenvalue weighted by Crippen LogP contribution is 2.18. The SMILES string of the molecule is Cc1cc(N)ccc1NC(=O)CCSC(C)C. The van der Waals surface area contributed by atoms with E-state index in [1.807, 2.05) is 19.1 Å². The minimum atomic E-state index is 0.0611. The molecule has 94 valence electrons. The van der Waals surface area contributed by atoms with Gasteiger partial charge in [-0.15, -0.1) is 0 Å². The maximum absolute atomic E-state index is 11.7. The zero-order chi connectivity index (χ0) is 12.8. The molecule has 0 saturated carbocycles. The van der Waals surface area contributed by atoms with Gasteiger partial charge in [0.15, 0.2) is 0 Å². The predicted octanol–water partition coefficient (Wildman–Crippen LogP) is 3.05. The number of nitrogen functional groups attached to an aromatic ring is 1. The van der Waals surface area contributed by atoms with Gasteiger partial charge in [-0.05, 0) is 35.9 Å². The molecule has 0 saturated heterocycles. The lowest BCUT2D eigenvalue weighted by atomic mass is 10.2. The van der Waals surface area contributed by atoms with Crippen LogP contribution < -0.4 is 11.1 Å². The second-order valence-corrected chi connectivity index (χ2v) is 5.98. The lowest BCUT2D eigenvalue weighted by molar-refractivity contribution is -0.115. The third-order valence-corrected chi connectivity index (χ3v) is 3.41. The van der Waals surface area contributed by atoms with E-state index in [9.17, 15) is 4.79 Å². The summed E-state index contributed by atoms with van der Waals surface area (Å²) in [4.78, 5) is 11.7. The van der Waals surface area contributed by atoms with Gasteiger partial charge in [0.05, 0.1) is 0 Å². The van der Waals surface area contributed by atoms with Crippen molar-refractivity contribution in [3.63, 3.8) is 0 Å². The fourth-order valence-corrected chi connectivity index (χ4v) is 2.20. The molecule has 3 nitrogen and oxygen atoms in total. The largest absolute Gasteiger partial charge is 0.399 e. The summed E-state index contributed by atoms with van der Waals surface area (Å²) in [5.41, 5.74) is 8.22. The average Bonchev–Trinajstić information content (AvgIpc) is 2.21. The van der Waals surface area contributed by atoms with Crippen molar-refractivity contribution >= 4 is 29.0 Å². The van der Waals surface area contributed by atoms with Gasteiger partial charge in [-0.3, -0.25) is 4.79 Å². The Morgan fingerprint density at radius 2 is 2.18 bits per heavy atom. The van der Waals surface area contributed by atoms with E-state index in [1.165, 1.54) is 0 Å². The second-order valence-electron chi connectivity index (χ2n) is 4.29. The lowest BCUT2D eigenvalue weighted by Crippen LogP contribution is -2.13. The van der Waals surface area contributed by atoms with E-state index >= 15 is 0 Å². The monoisotopic (exact) mass is 252 g/mol. The van der Waals surface area contributed by atoms with E-state index in [0.29, 0.717) is 11.7 Å². The van der Waals surface area contributed by atoms with Crippen LogP contribution in [-0.2, 0) is 4.79 Å². The molecular formula is C13H20N2OS. The normalized spacial score (nSPS) is 10.6. The van der Waals surface area contributed by atoms with Gasteiger partial charge in [0.25, 0.3) is 0 Å². The highest BCUT2D eigenvalue weighted by Gasteiger charge is 2.05. The van der Waals surface area contributed by atoms with Crippen molar-refractivity contribution in [2.24, 2.45) is 0 Å². The Kier molecular flexibility index (Phi) is 5.35. The summed E-state index contributed by atoms with van der Waals surface area (Å²) in [7, 11) is 0. The summed E-state index contributed by atoms with van der Waals surface area (Å²) < 4.78 is 0. The first-order valence-corrected chi connectivity index (χ1v) is 6.81. The Morgan fingerprint density at radius 3 is 2.76 bits per heavy atom. The van der Waals surface area contributed by atoms with Gasteiger partial charge in [0.2, 0.25) is 5.91 Å². The fraction of sp³-hybridized carbons (Fsp3) is 0.462. The van der Waals surface area contributed by atoms with E-state index in [-0.39, 0.29) is 5.91 Å². The Hall–Kier alpha value is -1.16. The first-order valence-electron chi connectivity index (χ1n) is 5.76. The molecule has 0 atom stereocenters. The summed E-state index contributed by atoms with van der Waals surface area (Å²) in [6.45, 7) is 6.20. The molecular weight excluding hydrogens is 232 g/mol. The summed E-state index contributed by atoms with van der Waals surface area (Å²) in [5, 5.41) is 3.47. The smallest absolute Gasteiger partial charge is 0.225 e. The number of carbonyl (C=O) groups is 1. The molecule has 0 aliphatic rings. The van der Waals surface area contributed by atoms with Crippen molar-refractivity contribution in [2.75, 3.05) is 16.8 Å². The van der Waals surface area contributed by atoms with Crippen molar-refractivity contribution in [1.82, 2.24) is 0 Å². The number of rotatable bonds is 5. The first-order chi connectivity index (χ1) is 7.99. The van der Waals surface area contributed by atoms with Crippen LogP contribution in [-0.4, -0.2) is 16.9 Å². The number of anilines is 2. The lowest BCUT2D eigenvalue weighted by Gasteiger charge is -2.09. The van der Waals surface area contributed by atoms with Gasteiger partial charge in [-0.2, -0.15) is 11.8 Å². The van der Waals surface area contributed by atoms with Gasteiger partial charge in [-0.1, -0.05) is 13.8 Å². The van der Waals surface area contributed by atoms with Crippen LogP contribution in [0.1, 0.15) is 25.8 Å². The number of aryl methyl sites for hydroxylation is 1. The Bertz CT molecular complexity index is 391. The number of hydrogen-bond donors (Lipinski definition) is 2. The quantitative estimate of drug-likeness (QED) is 0.792. The molecule has 4 heteroatoms. The van der Waals surface area contributed by atoms with Gasteiger partial charge < -0.3 is 11.1 Å². The van der Waals surface area contributed by atoms with Crippen molar-refractivity contribution in [3.05, 3.63) is 23.8 Å². The molecule has 0 bridgehead atoms. The number of carbonyl (C=O) groups excluding carboxylic acids is 1. The molecule has 0 unspecified atom stereocenters. The Balaban J connectivity index is 2.45. The summed E-state index contributed by atoms with van der Waals surface area (Å²) >= 11 is 1.80. The fourth-order valence-electron chi connectivity index (χ4n) is 1.43. The molecule has 0 radical (unpaired) electrons. The number of nitrogens with one attached hydrogen (secondary N) is 1. The topological polar surface area (TPSA) is 55.1 Å². The molecule has 0 aliphatic carbocycles. The first kappa shape index (κ1) is 13.9. The molecule has 1 aromatic rings. The minimum absolute atomic E-state index is 0.0611.